The van der Waals surface area contributed by atoms with Gasteiger partial charge < -0.3 is 9.47 Å². The minimum atomic E-state index is 0.680. The number of methoxy groups -OCH3 is 2. The summed E-state index contributed by atoms with van der Waals surface area (Å²) in [6.07, 6.45) is 0. The summed E-state index contributed by atoms with van der Waals surface area (Å²) >= 11 is 1.68. The van der Waals surface area contributed by atoms with Crippen LogP contribution < -0.4 is 9.47 Å². The maximum Gasteiger partial charge on any atom is 0.161 e. The predicted molar refractivity (Wildman–Crippen MR) is 101 cm³/mol. The molecule has 0 aliphatic heterocycles. The SMILES string of the molecule is COc1ccc(-c2ccc(SCc3ccc(C)cc3)nn2)cc1OC. The molecule has 0 amide bonds. The van der Waals surface area contributed by atoms with Crippen LogP contribution in [0.3, 0.4) is 0 Å². The monoisotopic (exact) mass is 352 g/mol. The number of hydrogen-bond acceptors (Lipinski definition) is 5. The smallest absolute Gasteiger partial charge is 0.161 e. The molecule has 0 aliphatic carbocycles. The molecule has 0 unspecified atom stereocenters. The third-order valence-electron chi connectivity index (χ3n) is 3.83. The molecular formula is C20H20N2O2S. The number of aryl methyl sites for hydroxylation is 1. The van der Waals surface area contributed by atoms with Crippen LogP contribution in [0.1, 0.15) is 11.1 Å². The van der Waals surface area contributed by atoms with Crippen molar-refractivity contribution < 1.29 is 9.47 Å². The molecule has 0 bridgehead atoms. The number of hydrogen-bond donors (Lipinski definition) is 0. The van der Waals surface area contributed by atoms with Gasteiger partial charge in [-0.15, -0.1) is 10.2 Å². The maximum absolute atomic E-state index is 5.34. The second-order valence-corrected chi connectivity index (χ2v) is 6.60. The van der Waals surface area contributed by atoms with Crippen LogP contribution in [0.5, 0.6) is 11.5 Å². The Hall–Kier alpha value is -2.53. The first-order valence-corrected chi connectivity index (χ1v) is 8.92. The molecule has 3 rings (SSSR count). The largest absolute Gasteiger partial charge is 0.493 e. The van der Waals surface area contributed by atoms with Crippen molar-refractivity contribution in [3.05, 3.63) is 65.7 Å². The van der Waals surface area contributed by atoms with E-state index in [1.54, 1.807) is 26.0 Å². The van der Waals surface area contributed by atoms with Crippen molar-refractivity contribution in [2.75, 3.05) is 14.2 Å². The zero-order valence-corrected chi connectivity index (χ0v) is 15.3. The van der Waals surface area contributed by atoms with Gasteiger partial charge in [0, 0.05) is 11.3 Å². The Balaban J connectivity index is 1.70. The molecule has 0 fully saturated rings. The Morgan fingerprint density at radius 1 is 0.840 bits per heavy atom. The molecule has 1 heterocycles. The molecule has 0 atom stereocenters. The molecule has 4 nitrogen and oxygen atoms in total. The fourth-order valence-corrected chi connectivity index (χ4v) is 3.16. The van der Waals surface area contributed by atoms with E-state index < -0.39 is 0 Å². The van der Waals surface area contributed by atoms with E-state index in [-0.39, 0.29) is 0 Å². The van der Waals surface area contributed by atoms with Gasteiger partial charge in [-0.2, -0.15) is 0 Å². The Morgan fingerprint density at radius 2 is 1.60 bits per heavy atom. The van der Waals surface area contributed by atoms with E-state index in [9.17, 15) is 0 Å². The molecule has 0 spiro atoms. The molecule has 2 aromatic carbocycles. The minimum Gasteiger partial charge on any atom is -0.493 e. The van der Waals surface area contributed by atoms with Crippen molar-refractivity contribution in [2.24, 2.45) is 0 Å². The Morgan fingerprint density at radius 3 is 2.24 bits per heavy atom. The van der Waals surface area contributed by atoms with Gasteiger partial charge in [0.15, 0.2) is 11.5 Å². The van der Waals surface area contributed by atoms with Crippen LogP contribution in [0.25, 0.3) is 11.3 Å². The lowest BCUT2D eigenvalue weighted by Crippen LogP contribution is -1.93. The van der Waals surface area contributed by atoms with Crippen molar-refractivity contribution in [1.29, 1.82) is 0 Å². The van der Waals surface area contributed by atoms with Gasteiger partial charge in [-0.3, -0.25) is 0 Å². The summed E-state index contributed by atoms with van der Waals surface area (Å²) in [4.78, 5) is 0. The molecular weight excluding hydrogens is 332 g/mol. The van der Waals surface area contributed by atoms with E-state index in [1.807, 2.05) is 30.3 Å². The summed E-state index contributed by atoms with van der Waals surface area (Å²) < 4.78 is 10.6. The van der Waals surface area contributed by atoms with Crippen LogP contribution in [0.15, 0.2) is 59.6 Å². The van der Waals surface area contributed by atoms with Gasteiger partial charge in [-0.05, 0) is 42.8 Å². The van der Waals surface area contributed by atoms with E-state index in [0.29, 0.717) is 11.5 Å². The van der Waals surface area contributed by atoms with Crippen molar-refractivity contribution in [3.63, 3.8) is 0 Å². The molecule has 128 valence electrons. The Kier molecular flexibility index (Phi) is 5.56. The van der Waals surface area contributed by atoms with E-state index >= 15 is 0 Å². The molecule has 0 radical (unpaired) electrons. The fraction of sp³-hybridized carbons (Fsp3) is 0.200. The molecule has 3 aromatic rings. The van der Waals surface area contributed by atoms with Gasteiger partial charge >= 0.3 is 0 Å². The summed E-state index contributed by atoms with van der Waals surface area (Å²) in [5.74, 6) is 2.26. The van der Waals surface area contributed by atoms with E-state index in [4.69, 9.17) is 9.47 Å². The van der Waals surface area contributed by atoms with Crippen molar-refractivity contribution >= 4 is 11.8 Å². The Labute approximate surface area is 152 Å². The zero-order valence-electron chi connectivity index (χ0n) is 14.5. The molecule has 1 aromatic heterocycles. The third-order valence-corrected chi connectivity index (χ3v) is 4.82. The van der Waals surface area contributed by atoms with Crippen molar-refractivity contribution in [2.45, 2.75) is 17.7 Å². The maximum atomic E-state index is 5.34. The number of rotatable bonds is 6. The number of benzene rings is 2. The summed E-state index contributed by atoms with van der Waals surface area (Å²) in [5, 5.41) is 9.57. The van der Waals surface area contributed by atoms with Crippen LogP contribution in [0.2, 0.25) is 0 Å². The molecule has 0 N–H and O–H groups in total. The predicted octanol–water partition coefficient (Wildman–Crippen LogP) is 4.76. The van der Waals surface area contributed by atoms with Gasteiger partial charge in [0.1, 0.15) is 5.03 Å². The quantitative estimate of drug-likeness (QED) is 0.598. The van der Waals surface area contributed by atoms with Crippen LogP contribution in [-0.4, -0.2) is 24.4 Å². The first-order valence-electron chi connectivity index (χ1n) is 7.94. The lowest BCUT2D eigenvalue weighted by Gasteiger charge is -2.09. The third kappa shape index (κ3) is 4.31. The van der Waals surface area contributed by atoms with E-state index in [0.717, 1.165) is 22.0 Å². The molecule has 0 aliphatic rings. The lowest BCUT2D eigenvalue weighted by atomic mass is 10.1. The standard InChI is InChI=1S/C20H20N2O2S/c1-14-4-6-15(7-5-14)13-25-20-11-9-17(21-22-20)16-8-10-18(23-2)19(12-16)24-3/h4-12H,13H2,1-3H3. The summed E-state index contributed by atoms with van der Waals surface area (Å²) in [7, 11) is 3.25. The van der Waals surface area contributed by atoms with Crippen LogP contribution in [0.4, 0.5) is 0 Å². The average Bonchev–Trinajstić information content (AvgIpc) is 2.67. The van der Waals surface area contributed by atoms with Crippen LogP contribution in [0, 0.1) is 6.92 Å². The number of thioether (sulfide) groups is 1. The Bertz CT molecular complexity index is 833. The highest BCUT2D eigenvalue weighted by atomic mass is 32.2. The first kappa shape index (κ1) is 17.3. The van der Waals surface area contributed by atoms with E-state index in [1.165, 1.54) is 11.1 Å². The second-order valence-electron chi connectivity index (χ2n) is 5.60. The van der Waals surface area contributed by atoms with Gasteiger partial charge in [0.25, 0.3) is 0 Å². The number of aromatic nitrogens is 2. The minimum absolute atomic E-state index is 0.680. The number of nitrogens with zero attached hydrogens (tertiary/aromatic N) is 2. The molecule has 5 heteroatoms. The van der Waals surface area contributed by atoms with Gasteiger partial charge in [0.05, 0.1) is 19.9 Å². The first-order chi connectivity index (χ1) is 12.2. The van der Waals surface area contributed by atoms with E-state index in [2.05, 4.69) is 41.4 Å². The highest BCUT2D eigenvalue weighted by Gasteiger charge is 2.08. The summed E-state index contributed by atoms with van der Waals surface area (Å²) in [5.41, 5.74) is 4.30. The summed E-state index contributed by atoms with van der Waals surface area (Å²) in [6.45, 7) is 2.09. The van der Waals surface area contributed by atoms with Crippen molar-refractivity contribution in [1.82, 2.24) is 10.2 Å². The molecule has 25 heavy (non-hydrogen) atoms. The highest BCUT2D eigenvalue weighted by molar-refractivity contribution is 7.98. The molecule has 0 saturated carbocycles. The topological polar surface area (TPSA) is 44.2 Å². The van der Waals surface area contributed by atoms with Crippen LogP contribution >= 0.6 is 11.8 Å². The average molecular weight is 352 g/mol. The van der Waals surface area contributed by atoms with Crippen molar-refractivity contribution in [3.8, 4) is 22.8 Å². The lowest BCUT2D eigenvalue weighted by molar-refractivity contribution is 0.355. The summed E-state index contributed by atoms with van der Waals surface area (Å²) in [6, 6.07) is 18.2. The van der Waals surface area contributed by atoms with Gasteiger partial charge in [-0.25, -0.2) is 0 Å². The van der Waals surface area contributed by atoms with Gasteiger partial charge in [0.2, 0.25) is 0 Å². The molecule has 0 saturated heterocycles. The van der Waals surface area contributed by atoms with Crippen LogP contribution in [-0.2, 0) is 5.75 Å². The second kappa shape index (κ2) is 8.03. The zero-order chi connectivity index (χ0) is 17.6. The fourth-order valence-electron chi connectivity index (χ4n) is 2.39. The number of ether oxygens (including phenoxy) is 2. The van der Waals surface area contributed by atoms with Gasteiger partial charge in [-0.1, -0.05) is 41.6 Å². The highest BCUT2D eigenvalue weighted by Crippen LogP contribution is 2.31. The normalized spacial score (nSPS) is 10.5.